The van der Waals surface area contributed by atoms with Crippen molar-refractivity contribution in [2.24, 2.45) is 5.92 Å². The lowest BCUT2D eigenvalue weighted by Crippen LogP contribution is -2.29. The van der Waals surface area contributed by atoms with Gasteiger partial charge in [0.05, 0.1) is 0 Å². The molecular weight excluding hydrogens is 172 g/mol. The molecule has 2 aliphatic rings. The van der Waals surface area contributed by atoms with E-state index in [0.29, 0.717) is 0 Å². The van der Waals surface area contributed by atoms with Crippen LogP contribution < -0.4 is 10.6 Å². The molecule has 14 heavy (non-hydrogen) atoms. The summed E-state index contributed by atoms with van der Waals surface area (Å²) in [4.78, 5) is 0. The maximum absolute atomic E-state index is 3.67. The maximum Gasteiger partial charge on any atom is 0.00697 e. The Balaban J connectivity index is 1.42. The molecule has 0 spiro atoms. The first kappa shape index (κ1) is 10.4. The minimum absolute atomic E-state index is 0.825. The SMILES string of the molecule is CC1CCC(NCCCNC2CC2)C1. The van der Waals surface area contributed by atoms with Crippen molar-refractivity contribution in [3.8, 4) is 0 Å². The summed E-state index contributed by atoms with van der Waals surface area (Å²) in [5.74, 6) is 0.956. The smallest absolute Gasteiger partial charge is 0.00697 e. The van der Waals surface area contributed by atoms with Gasteiger partial charge in [0.1, 0.15) is 0 Å². The van der Waals surface area contributed by atoms with Crippen molar-refractivity contribution in [3.05, 3.63) is 0 Å². The molecule has 0 aromatic rings. The molecule has 2 heteroatoms. The van der Waals surface area contributed by atoms with Crippen LogP contribution in [-0.2, 0) is 0 Å². The second kappa shape index (κ2) is 5.13. The quantitative estimate of drug-likeness (QED) is 0.634. The zero-order valence-electron chi connectivity index (χ0n) is 9.39. The van der Waals surface area contributed by atoms with Crippen molar-refractivity contribution >= 4 is 0 Å². The van der Waals surface area contributed by atoms with E-state index in [-0.39, 0.29) is 0 Å². The van der Waals surface area contributed by atoms with Crippen LogP contribution in [0.2, 0.25) is 0 Å². The zero-order chi connectivity index (χ0) is 9.80. The fourth-order valence-corrected chi connectivity index (χ4v) is 2.38. The van der Waals surface area contributed by atoms with Gasteiger partial charge in [0, 0.05) is 12.1 Å². The fraction of sp³-hybridized carbons (Fsp3) is 1.00. The van der Waals surface area contributed by atoms with Gasteiger partial charge in [-0.3, -0.25) is 0 Å². The molecule has 2 rings (SSSR count). The first-order valence-electron chi connectivity index (χ1n) is 6.31. The van der Waals surface area contributed by atoms with E-state index in [1.807, 2.05) is 0 Å². The number of hydrogen-bond acceptors (Lipinski definition) is 2. The van der Waals surface area contributed by atoms with Crippen LogP contribution in [0.25, 0.3) is 0 Å². The predicted molar refractivity (Wildman–Crippen MR) is 60.4 cm³/mol. The molecule has 2 fully saturated rings. The topological polar surface area (TPSA) is 24.1 Å². The summed E-state index contributed by atoms with van der Waals surface area (Å²) in [6, 6.07) is 1.70. The van der Waals surface area contributed by atoms with Crippen LogP contribution in [0.4, 0.5) is 0 Å². The summed E-state index contributed by atoms with van der Waals surface area (Å²) in [6.45, 7) is 4.79. The molecule has 2 unspecified atom stereocenters. The first-order chi connectivity index (χ1) is 6.84. The van der Waals surface area contributed by atoms with Crippen molar-refractivity contribution in [3.63, 3.8) is 0 Å². The Morgan fingerprint density at radius 1 is 0.929 bits per heavy atom. The Kier molecular flexibility index (Phi) is 3.82. The second-order valence-electron chi connectivity index (χ2n) is 5.15. The molecule has 0 aliphatic heterocycles. The second-order valence-corrected chi connectivity index (χ2v) is 5.15. The third kappa shape index (κ3) is 3.58. The van der Waals surface area contributed by atoms with E-state index in [1.54, 1.807) is 0 Å². The molecule has 0 bridgehead atoms. The van der Waals surface area contributed by atoms with Crippen molar-refractivity contribution < 1.29 is 0 Å². The van der Waals surface area contributed by atoms with Gasteiger partial charge in [-0.15, -0.1) is 0 Å². The van der Waals surface area contributed by atoms with Gasteiger partial charge in [-0.25, -0.2) is 0 Å². The van der Waals surface area contributed by atoms with E-state index < -0.39 is 0 Å². The monoisotopic (exact) mass is 196 g/mol. The van der Waals surface area contributed by atoms with Crippen LogP contribution in [0, 0.1) is 5.92 Å². The number of rotatable bonds is 6. The van der Waals surface area contributed by atoms with Crippen molar-refractivity contribution in [2.75, 3.05) is 13.1 Å². The highest BCUT2D eigenvalue weighted by Gasteiger charge is 2.21. The Bertz CT molecular complexity index is 166. The molecule has 2 atom stereocenters. The zero-order valence-corrected chi connectivity index (χ0v) is 9.39. The van der Waals surface area contributed by atoms with Gasteiger partial charge in [0.2, 0.25) is 0 Å². The van der Waals surface area contributed by atoms with Gasteiger partial charge >= 0.3 is 0 Å². The van der Waals surface area contributed by atoms with Crippen LogP contribution >= 0.6 is 0 Å². The van der Waals surface area contributed by atoms with Crippen LogP contribution in [0.3, 0.4) is 0 Å². The normalized spacial score (nSPS) is 32.4. The summed E-state index contributed by atoms with van der Waals surface area (Å²) < 4.78 is 0. The number of hydrogen-bond donors (Lipinski definition) is 2. The third-order valence-corrected chi connectivity index (χ3v) is 3.49. The highest BCUT2D eigenvalue weighted by molar-refractivity contribution is 4.81. The van der Waals surface area contributed by atoms with Crippen LogP contribution in [0.5, 0.6) is 0 Å². The van der Waals surface area contributed by atoms with E-state index in [0.717, 1.165) is 18.0 Å². The Morgan fingerprint density at radius 3 is 2.14 bits per heavy atom. The van der Waals surface area contributed by atoms with Crippen LogP contribution in [0.15, 0.2) is 0 Å². The molecule has 2 saturated carbocycles. The summed E-state index contributed by atoms with van der Waals surface area (Å²) in [7, 11) is 0. The van der Waals surface area contributed by atoms with E-state index in [1.165, 1.54) is 51.6 Å². The maximum atomic E-state index is 3.67. The molecular formula is C12H24N2. The Morgan fingerprint density at radius 2 is 1.57 bits per heavy atom. The minimum atomic E-state index is 0.825. The van der Waals surface area contributed by atoms with Crippen LogP contribution in [0.1, 0.15) is 45.4 Å². The van der Waals surface area contributed by atoms with Crippen molar-refractivity contribution in [1.29, 1.82) is 0 Å². The van der Waals surface area contributed by atoms with E-state index in [9.17, 15) is 0 Å². The summed E-state index contributed by atoms with van der Waals surface area (Å²) in [6.07, 6.45) is 8.34. The summed E-state index contributed by atoms with van der Waals surface area (Å²) in [5.41, 5.74) is 0. The van der Waals surface area contributed by atoms with Gasteiger partial charge in [0.15, 0.2) is 0 Å². The molecule has 0 aromatic heterocycles. The highest BCUT2D eigenvalue weighted by atomic mass is 15.0. The van der Waals surface area contributed by atoms with Gasteiger partial charge < -0.3 is 10.6 Å². The lowest BCUT2D eigenvalue weighted by molar-refractivity contribution is 0.488. The summed E-state index contributed by atoms with van der Waals surface area (Å²) in [5, 5.41) is 7.22. The van der Waals surface area contributed by atoms with Gasteiger partial charge in [-0.2, -0.15) is 0 Å². The van der Waals surface area contributed by atoms with E-state index >= 15 is 0 Å². The predicted octanol–water partition coefficient (Wildman–Crippen LogP) is 1.91. The Hall–Kier alpha value is -0.0800. The molecule has 2 nitrogen and oxygen atoms in total. The largest absolute Gasteiger partial charge is 0.314 e. The fourth-order valence-electron chi connectivity index (χ4n) is 2.38. The summed E-state index contributed by atoms with van der Waals surface area (Å²) >= 11 is 0. The van der Waals surface area contributed by atoms with E-state index in [2.05, 4.69) is 17.6 Å². The first-order valence-corrected chi connectivity index (χ1v) is 6.31. The molecule has 0 amide bonds. The van der Waals surface area contributed by atoms with Gasteiger partial charge in [-0.05, 0) is 57.5 Å². The van der Waals surface area contributed by atoms with E-state index in [4.69, 9.17) is 0 Å². The van der Waals surface area contributed by atoms with Crippen molar-refractivity contribution in [1.82, 2.24) is 10.6 Å². The molecule has 0 saturated heterocycles. The average molecular weight is 196 g/mol. The minimum Gasteiger partial charge on any atom is -0.314 e. The van der Waals surface area contributed by atoms with Crippen LogP contribution in [-0.4, -0.2) is 25.2 Å². The molecule has 0 heterocycles. The molecule has 82 valence electrons. The molecule has 2 N–H and O–H groups in total. The highest BCUT2D eigenvalue weighted by Crippen LogP contribution is 2.24. The molecule has 0 aromatic carbocycles. The molecule has 2 aliphatic carbocycles. The average Bonchev–Trinajstić information content (AvgIpc) is 2.89. The third-order valence-electron chi connectivity index (χ3n) is 3.49. The lowest BCUT2D eigenvalue weighted by atomic mass is 10.1. The Labute approximate surface area is 87.8 Å². The van der Waals surface area contributed by atoms with Crippen molar-refractivity contribution in [2.45, 2.75) is 57.5 Å². The van der Waals surface area contributed by atoms with Gasteiger partial charge in [0.25, 0.3) is 0 Å². The molecule has 0 radical (unpaired) electrons. The number of nitrogens with one attached hydrogen (secondary N) is 2. The standard InChI is InChI=1S/C12H24N2/c1-10-3-4-12(9-10)14-8-2-7-13-11-5-6-11/h10-14H,2-9H2,1H3. The van der Waals surface area contributed by atoms with Gasteiger partial charge in [-0.1, -0.05) is 6.92 Å². The lowest BCUT2D eigenvalue weighted by Gasteiger charge is -2.12.